The number of pyridine rings is 1. The number of nitrogens with zero attached hydrogens (tertiary/aromatic N) is 2. The predicted molar refractivity (Wildman–Crippen MR) is 90.2 cm³/mol. The number of hydrogen-bond acceptors (Lipinski definition) is 5. The molecule has 3 amide bonds. The molecule has 1 atom stereocenters. The van der Waals surface area contributed by atoms with Gasteiger partial charge in [-0.05, 0) is 36.2 Å². The van der Waals surface area contributed by atoms with Gasteiger partial charge in [0.15, 0.2) is 5.78 Å². The molecule has 2 aliphatic rings. The van der Waals surface area contributed by atoms with Gasteiger partial charge in [0.1, 0.15) is 6.04 Å². The van der Waals surface area contributed by atoms with Crippen molar-refractivity contribution in [2.75, 3.05) is 0 Å². The number of carbonyl (C=O) groups is 4. The molecule has 0 bridgehead atoms. The first kappa shape index (κ1) is 16.1. The van der Waals surface area contributed by atoms with Crippen LogP contribution in [0, 0.1) is 0 Å². The van der Waals surface area contributed by atoms with Gasteiger partial charge in [0.25, 0.3) is 5.91 Å². The molecule has 1 unspecified atom stereocenters. The normalized spacial score (nSPS) is 19.3. The van der Waals surface area contributed by atoms with Gasteiger partial charge in [0.05, 0.1) is 0 Å². The third-order valence-corrected chi connectivity index (χ3v) is 4.71. The van der Waals surface area contributed by atoms with Crippen molar-refractivity contribution in [3.8, 4) is 0 Å². The van der Waals surface area contributed by atoms with E-state index in [1.807, 2.05) is 0 Å². The van der Waals surface area contributed by atoms with Crippen LogP contribution in [0.4, 0.5) is 0 Å². The van der Waals surface area contributed by atoms with Crippen LogP contribution in [0.2, 0.25) is 0 Å². The average Bonchev–Trinajstić information content (AvgIpc) is 2.98. The van der Waals surface area contributed by atoms with E-state index < -0.39 is 11.9 Å². The molecule has 2 aromatic rings. The third-order valence-electron chi connectivity index (χ3n) is 4.71. The van der Waals surface area contributed by atoms with Crippen LogP contribution in [0.25, 0.3) is 0 Å². The molecule has 0 spiro atoms. The van der Waals surface area contributed by atoms with Gasteiger partial charge in [-0.3, -0.25) is 29.5 Å². The van der Waals surface area contributed by atoms with Crippen LogP contribution in [-0.2, 0) is 16.1 Å². The molecule has 1 N–H and O–H groups in total. The minimum Gasteiger partial charge on any atom is -0.322 e. The predicted octanol–water partition coefficient (Wildman–Crippen LogP) is 1.07. The van der Waals surface area contributed by atoms with E-state index >= 15 is 0 Å². The molecular formula is C19H15N3O4. The Hall–Kier alpha value is -3.35. The zero-order valence-electron chi connectivity index (χ0n) is 13.8. The highest BCUT2D eigenvalue weighted by atomic mass is 16.2. The Morgan fingerprint density at radius 1 is 1.15 bits per heavy atom. The standard InChI is InChI=1S/C19H15N3O4/c23-16-6-5-15(18(25)21-16)22-10-13-8-11(3-4-14(13)19(22)26)17(24)12-2-1-7-20-9-12/h1-4,7-9,15H,5-6,10H2,(H,21,23,25). The molecule has 26 heavy (non-hydrogen) atoms. The Kier molecular flexibility index (Phi) is 3.84. The molecule has 130 valence electrons. The molecular weight excluding hydrogens is 334 g/mol. The highest BCUT2D eigenvalue weighted by molar-refractivity contribution is 6.10. The summed E-state index contributed by atoms with van der Waals surface area (Å²) in [5.41, 5.74) is 2.13. The van der Waals surface area contributed by atoms with E-state index in [1.54, 1.807) is 36.5 Å². The summed E-state index contributed by atoms with van der Waals surface area (Å²) < 4.78 is 0. The second kappa shape index (κ2) is 6.18. The summed E-state index contributed by atoms with van der Waals surface area (Å²) in [6.45, 7) is 0.245. The smallest absolute Gasteiger partial charge is 0.255 e. The van der Waals surface area contributed by atoms with Crippen LogP contribution in [0.15, 0.2) is 42.7 Å². The highest BCUT2D eigenvalue weighted by Gasteiger charge is 2.39. The summed E-state index contributed by atoms with van der Waals surface area (Å²) in [6, 6.07) is 7.63. The van der Waals surface area contributed by atoms with E-state index in [9.17, 15) is 19.2 Å². The molecule has 3 heterocycles. The molecule has 7 heteroatoms. The second-order valence-electron chi connectivity index (χ2n) is 6.34. The molecule has 0 saturated carbocycles. The van der Waals surface area contributed by atoms with Crippen LogP contribution < -0.4 is 5.32 Å². The number of rotatable bonds is 3. The van der Waals surface area contributed by atoms with E-state index in [2.05, 4.69) is 10.3 Å². The van der Waals surface area contributed by atoms with Gasteiger partial charge < -0.3 is 4.90 Å². The summed E-state index contributed by atoms with van der Waals surface area (Å²) in [5, 5.41) is 2.27. The fourth-order valence-corrected chi connectivity index (χ4v) is 3.38. The zero-order chi connectivity index (χ0) is 18.3. The van der Waals surface area contributed by atoms with Crippen molar-refractivity contribution in [2.24, 2.45) is 0 Å². The van der Waals surface area contributed by atoms with Crippen LogP contribution in [-0.4, -0.2) is 39.4 Å². The quantitative estimate of drug-likeness (QED) is 0.660. The third kappa shape index (κ3) is 2.67. The van der Waals surface area contributed by atoms with Gasteiger partial charge in [-0.15, -0.1) is 0 Å². The van der Waals surface area contributed by atoms with E-state index in [0.29, 0.717) is 28.7 Å². The Bertz CT molecular complexity index is 939. The molecule has 1 saturated heterocycles. The second-order valence-corrected chi connectivity index (χ2v) is 6.34. The van der Waals surface area contributed by atoms with Crippen LogP contribution in [0.3, 0.4) is 0 Å². The molecule has 1 aromatic heterocycles. The molecule has 0 radical (unpaired) electrons. The van der Waals surface area contributed by atoms with Gasteiger partial charge in [0, 0.05) is 42.0 Å². The number of ketones is 1. The summed E-state index contributed by atoms with van der Waals surface area (Å²) in [5.74, 6) is -1.20. The molecule has 4 rings (SSSR count). The van der Waals surface area contributed by atoms with Gasteiger partial charge in [-0.1, -0.05) is 6.07 Å². The maximum absolute atomic E-state index is 12.6. The first-order chi connectivity index (χ1) is 12.5. The first-order valence-electron chi connectivity index (χ1n) is 8.27. The molecule has 1 fully saturated rings. The number of amides is 3. The molecule has 2 aliphatic heterocycles. The molecule has 1 aromatic carbocycles. The summed E-state index contributed by atoms with van der Waals surface area (Å²) in [7, 11) is 0. The average molecular weight is 349 g/mol. The van der Waals surface area contributed by atoms with Gasteiger partial charge in [0.2, 0.25) is 11.8 Å². The molecule has 0 aliphatic carbocycles. The number of carbonyl (C=O) groups excluding carboxylic acids is 4. The summed E-state index contributed by atoms with van der Waals surface area (Å²) in [4.78, 5) is 54.0. The SMILES string of the molecule is O=C1CCC(N2Cc3cc(C(=O)c4cccnc4)ccc3C2=O)C(=O)N1. The van der Waals surface area contributed by atoms with Crippen molar-refractivity contribution in [2.45, 2.75) is 25.4 Å². The van der Waals surface area contributed by atoms with Crippen molar-refractivity contribution in [3.05, 3.63) is 65.0 Å². The number of imide groups is 1. The van der Waals surface area contributed by atoms with Gasteiger partial charge in [-0.2, -0.15) is 0 Å². The summed E-state index contributed by atoms with van der Waals surface area (Å²) in [6.07, 6.45) is 3.61. The fraction of sp³-hybridized carbons (Fsp3) is 0.211. The number of hydrogen-bond donors (Lipinski definition) is 1. The zero-order valence-corrected chi connectivity index (χ0v) is 13.8. The Labute approximate surface area is 149 Å². The minimum absolute atomic E-state index is 0.173. The summed E-state index contributed by atoms with van der Waals surface area (Å²) >= 11 is 0. The van der Waals surface area contributed by atoms with Gasteiger partial charge in [-0.25, -0.2) is 0 Å². The fourth-order valence-electron chi connectivity index (χ4n) is 3.38. The van der Waals surface area contributed by atoms with Gasteiger partial charge >= 0.3 is 0 Å². The largest absolute Gasteiger partial charge is 0.322 e. The lowest BCUT2D eigenvalue weighted by Gasteiger charge is -2.29. The van der Waals surface area contributed by atoms with E-state index in [4.69, 9.17) is 0 Å². The number of nitrogens with one attached hydrogen (secondary N) is 1. The lowest BCUT2D eigenvalue weighted by molar-refractivity contribution is -0.136. The maximum Gasteiger partial charge on any atom is 0.255 e. The monoisotopic (exact) mass is 349 g/mol. The van der Waals surface area contributed by atoms with Crippen molar-refractivity contribution >= 4 is 23.5 Å². The number of aromatic nitrogens is 1. The Morgan fingerprint density at radius 2 is 2.00 bits per heavy atom. The Morgan fingerprint density at radius 3 is 2.73 bits per heavy atom. The van der Waals surface area contributed by atoms with E-state index in [-0.39, 0.29) is 30.6 Å². The van der Waals surface area contributed by atoms with Crippen molar-refractivity contribution in [1.29, 1.82) is 0 Å². The lowest BCUT2D eigenvalue weighted by Crippen LogP contribution is -2.52. The van der Waals surface area contributed by atoms with E-state index in [1.165, 1.54) is 11.1 Å². The van der Waals surface area contributed by atoms with Crippen LogP contribution in [0.1, 0.15) is 44.7 Å². The Balaban J connectivity index is 1.60. The lowest BCUT2D eigenvalue weighted by atomic mass is 10.0. The number of fused-ring (bicyclic) bond motifs is 1. The maximum atomic E-state index is 12.6. The highest BCUT2D eigenvalue weighted by Crippen LogP contribution is 2.28. The minimum atomic E-state index is -0.662. The topological polar surface area (TPSA) is 96.4 Å². The van der Waals surface area contributed by atoms with Crippen molar-refractivity contribution in [1.82, 2.24) is 15.2 Å². The molecule has 7 nitrogen and oxygen atoms in total. The number of benzene rings is 1. The van der Waals surface area contributed by atoms with E-state index in [0.717, 1.165) is 0 Å². The van der Waals surface area contributed by atoms with Crippen LogP contribution >= 0.6 is 0 Å². The number of piperidine rings is 1. The first-order valence-corrected chi connectivity index (χ1v) is 8.27. The van der Waals surface area contributed by atoms with Crippen molar-refractivity contribution in [3.63, 3.8) is 0 Å². The van der Waals surface area contributed by atoms with Crippen molar-refractivity contribution < 1.29 is 19.2 Å². The van der Waals surface area contributed by atoms with Crippen LogP contribution in [0.5, 0.6) is 0 Å².